The van der Waals surface area contributed by atoms with E-state index in [0.29, 0.717) is 17.5 Å². The summed E-state index contributed by atoms with van der Waals surface area (Å²) in [5, 5.41) is 3.62. The van der Waals surface area contributed by atoms with Crippen LogP contribution in [-0.4, -0.2) is 41.9 Å². The number of halogens is 1. The van der Waals surface area contributed by atoms with Crippen molar-refractivity contribution in [3.8, 4) is 5.75 Å². The Labute approximate surface area is 170 Å². The Bertz CT molecular complexity index is 890. The molecule has 0 bridgehead atoms. The zero-order valence-corrected chi connectivity index (χ0v) is 16.7. The van der Waals surface area contributed by atoms with Crippen molar-refractivity contribution < 1.29 is 9.53 Å². The van der Waals surface area contributed by atoms with Gasteiger partial charge in [0.05, 0.1) is 11.6 Å². The van der Waals surface area contributed by atoms with Crippen molar-refractivity contribution >= 4 is 23.3 Å². The molecule has 2 aliphatic rings. The van der Waals surface area contributed by atoms with E-state index in [-0.39, 0.29) is 5.91 Å². The lowest BCUT2D eigenvalue weighted by Gasteiger charge is -2.35. The molecule has 0 aromatic heterocycles. The Morgan fingerprint density at radius 3 is 2.64 bits per heavy atom. The second-order valence-corrected chi connectivity index (χ2v) is 7.69. The Morgan fingerprint density at radius 2 is 1.93 bits per heavy atom. The van der Waals surface area contributed by atoms with Crippen LogP contribution in [0.15, 0.2) is 53.5 Å². The van der Waals surface area contributed by atoms with Gasteiger partial charge in [-0.3, -0.25) is 14.7 Å². The summed E-state index contributed by atoms with van der Waals surface area (Å²) < 4.78 is 5.59. The molecule has 1 saturated heterocycles. The van der Waals surface area contributed by atoms with E-state index < -0.39 is 5.54 Å². The van der Waals surface area contributed by atoms with Crippen LogP contribution in [0.25, 0.3) is 0 Å². The van der Waals surface area contributed by atoms with Gasteiger partial charge in [0.1, 0.15) is 17.1 Å². The summed E-state index contributed by atoms with van der Waals surface area (Å²) in [6.07, 6.45) is 1.45. The number of carbonyl (C=O) groups excluding carboxylic acids is 1. The summed E-state index contributed by atoms with van der Waals surface area (Å²) in [4.78, 5) is 19.8. The summed E-state index contributed by atoms with van der Waals surface area (Å²) in [5.41, 5.74) is 1.49. The molecule has 0 unspecified atom stereocenters. The van der Waals surface area contributed by atoms with E-state index in [4.69, 9.17) is 21.3 Å². The van der Waals surface area contributed by atoms with Crippen molar-refractivity contribution in [2.45, 2.75) is 31.8 Å². The Hall–Kier alpha value is -2.37. The number of nitrogens with one attached hydrogen (secondary N) is 1. The average molecular weight is 398 g/mol. The molecule has 146 valence electrons. The predicted octanol–water partition coefficient (Wildman–Crippen LogP) is 3.65. The van der Waals surface area contributed by atoms with Gasteiger partial charge in [-0.25, -0.2) is 0 Å². The van der Waals surface area contributed by atoms with Crippen LogP contribution in [0.4, 0.5) is 0 Å². The van der Waals surface area contributed by atoms with Crippen molar-refractivity contribution in [1.29, 1.82) is 0 Å². The smallest absolute Gasteiger partial charge is 0.253 e. The molecule has 28 heavy (non-hydrogen) atoms. The van der Waals surface area contributed by atoms with E-state index in [1.165, 1.54) is 0 Å². The second-order valence-electron chi connectivity index (χ2n) is 7.29. The Morgan fingerprint density at radius 1 is 1.18 bits per heavy atom. The average Bonchev–Trinajstić information content (AvgIpc) is 3.03. The van der Waals surface area contributed by atoms with E-state index >= 15 is 0 Å². The van der Waals surface area contributed by atoms with Crippen molar-refractivity contribution in [2.75, 3.05) is 19.7 Å². The summed E-state index contributed by atoms with van der Waals surface area (Å²) in [7, 11) is 0. The lowest BCUT2D eigenvalue weighted by molar-refractivity contribution is -0.125. The SMILES string of the molecule is CCOc1cc(CN2CCC3(CC2)N=C(c2ccccc2)NC3=O)ccc1Cl. The molecule has 1 amide bonds. The molecule has 2 aromatic rings. The standard InChI is InChI=1S/C22H24ClN3O2/c1-2-28-19-14-16(8-9-18(19)23)15-26-12-10-22(11-13-26)21(27)24-20(25-22)17-6-4-3-5-7-17/h3-9,14H,2,10-13,15H2,1H3,(H,24,25,27). The first-order valence-electron chi connectivity index (χ1n) is 9.70. The van der Waals surface area contributed by atoms with Crippen molar-refractivity contribution in [1.82, 2.24) is 10.2 Å². The highest BCUT2D eigenvalue weighted by atomic mass is 35.5. The van der Waals surface area contributed by atoms with Gasteiger partial charge >= 0.3 is 0 Å². The topological polar surface area (TPSA) is 53.9 Å². The summed E-state index contributed by atoms with van der Waals surface area (Å²) in [6, 6.07) is 15.7. The van der Waals surface area contributed by atoms with E-state index in [1.807, 2.05) is 55.5 Å². The summed E-state index contributed by atoms with van der Waals surface area (Å²) >= 11 is 6.18. The monoisotopic (exact) mass is 397 g/mol. The summed E-state index contributed by atoms with van der Waals surface area (Å²) in [6.45, 7) is 5.00. The molecule has 1 N–H and O–H groups in total. The number of aliphatic imine (C=N–C) groups is 1. The molecule has 0 saturated carbocycles. The highest BCUT2D eigenvalue weighted by Crippen LogP contribution is 2.32. The summed E-state index contributed by atoms with van der Waals surface area (Å²) in [5.74, 6) is 1.44. The van der Waals surface area contributed by atoms with Crippen LogP contribution in [0.2, 0.25) is 5.02 Å². The second kappa shape index (κ2) is 7.94. The molecule has 5 nitrogen and oxygen atoms in total. The Balaban J connectivity index is 1.43. The van der Waals surface area contributed by atoms with Crippen LogP contribution >= 0.6 is 11.6 Å². The minimum Gasteiger partial charge on any atom is -0.492 e. The maximum Gasteiger partial charge on any atom is 0.253 e. The number of piperidine rings is 1. The molecule has 2 aliphatic heterocycles. The van der Waals surface area contributed by atoms with Gasteiger partial charge in [0.15, 0.2) is 0 Å². The number of rotatable bonds is 5. The van der Waals surface area contributed by atoms with Gasteiger partial charge in [0.25, 0.3) is 5.91 Å². The minimum absolute atomic E-state index is 0.0242. The van der Waals surface area contributed by atoms with E-state index in [1.54, 1.807) is 0 Å². The maximum absolute atomic E-state index is 12.7. The third kappa shape index (κ3) is 3.77. The molecule has 1 fully saturated rings. The molecule has 0 aliphatic carbocycles. The molecule has 0 radical (unpaired) electrons. The lowest BCUT2D eigenvalue weighted by atomic mass is 9.88. The predicted molar refractivity (Wildman–Crippen MR) is 111 cm³/mol. The normalized spacial score (nSPS) is 18.8. The highest BCUT2D eigenvalue weighted by Gasteiger charge is 2.45. The number of hydrogen-bond acceptors (Lipinski definition) is 4. The molecule has 2 aromatic carbocycles. The Kier molecular flexibility index (Phi) is 5.38. The fraction of sp³-hybridized carbons (Fsp3) is 0.364. The first kappa shape index (κ1) is 19.0. The van der Waals surface area contributed by atoms with Crippen molar-refractivity contribution in [3.05, 3.63) is 64.7 Å². The van der Waals surface area contributed by atoms with Gasteiger partial charge < -0.3 is 10.1 Å². The van der Waals surface area contributed by atoms with Gasteiger partial charge in [-0.15, -0.1) is 0 Å². The highest BCUT2D eigenvalue weighted by molar-refractivity contribution is 6.32. The molecular weight excluding hydrogens is 374 g/mol. The van der Waals surface area contributed by atoms with E-state index in [9.17, 15) is 4.79 Å². The number of amides is 1. The van der Waals surface area contributed by atoms with Gasteiger partial charge in [-0.2, -0.15) is 0 Å². The van der Waals surface area contributed by atoms with Crippen LogP contribution in [0, 0.1) is 0 Å². The first-order valence-corrected chi connectivity index (χ1v) is 10.1. The van der Waals surface area contributed by atoms with Crippen LogP contribution in [0.5, 0.6) is 5.75 Å². The number of ether oxygens (including phenoxy) is 1. The van der Waals surface area contributed by atoms with Crippen molar-refractivity contribution in [2.24, 2.45) is 4.99 Å². The first-order chi connectivity index (χ1) is 13.6. The number of likely N-dealkylation sites (tertiary alicyclic amines) is 1. The van der Waals surface area contributed by atoms with Gasteiger partial charge in [0, 0.05) is 25.2 Å². The van der Waals surface area contributed by atoms with Crippen LogP contribution < -0.4 is 10.1 Å². The zero-order chi connectivity index (χ0) is 19.6. The number of hydrogen-bond donors (Lipinski definition) is 1. The molecule has 0 atom stereocenters. The van der Waals surface area contributed by atoms with Crippen LogP contribution in [-0.2, 0) is 11.3 Å². The molecule has 6 heteroatoms. The lowest BCUT2D eigenvalue weighted by Crippen LogP contribution is -2.48. The number of nitrogens with zero attached hydrogens (tertiary/aromatic N) is 2. The van der Waals surface area contributed by atoms with Gasteiger partial charge in [0.2, 0.25) is 0 Å². The van der Waals surface area contributed by atoms with Crippen LogP contribution in [0.1, 0.15) is 30.9 Å². The third-order valence-electron chi connectivity index (χ3n) is 5.41. The third-order valence-corrected chi connectivity index (χ3v) is 5.72. The number of amidine groups is 1. The fourth-order valence-corrected chi connectivity index (χ4v) is 4.01. The fourth-order valence-electron chi connectivity index (χ4n) is 3.84. The number of carbonyl (C=O) groups is 1. The van der Waals surface area contributed by atoms with Gasteiger partial charge in [-0.1, -0.05) is 48.0 Å². The minimum atomic E-state index is -0.627. The zero-order valence-electron chi connectivity index (χ0n) is 16.0. The molecule has 2 heterocycles. The maximum atomic E-state index is 12.7. The van der Waals surface area contributed by atoms with Gasteiger partial charge in [-0.05, 0) is 37.5 Å². The number of benzene rings is 2. The van der Waals surface area contributed by atoms with E-state index in [0.717, 1.165) is 49.4 Å². The molecule has 1 spiro atoms. The quantitative estimate of drug-likeness (QED) is 0.837. The van der Waals surface area contributed by atoms with Crippen LogP contribution in [0.3, 0.4) is 0 Å². The molecule has 4 rings (SSSR count). The largest absolute Gasteiger partial charge is 0.492 e. The van der Waals surface area contributed by atoms with Crippen molar-refractivity contribution in [3.63, 3.8) is 0 Å². The molecular formula is C22H24ClN3O2. The van der Waals surface area contributed by atoms with E-state index in [2.05, 4.69) is 10.2 Å².